The standard InChI is InChI=1S/C17H20N2O2S/c1-12-4-5-15(22-12)17(20)19-16(13-6-9-21-10-7-13)14-3-2-8-18-11-14/h2-5,8,11,13,16H,6-7,9-10H2,1H3,(H,19,20). The summed E-state index contributed by atoms with van der Waals surface area (Å²) in [5.74, 6) is 0.390. The number of nitrogens with one attached hydrogen (secondary N) is 1. The predicted molar refractivity (Wildman–Crippen MR) is 87.0 cm³/mol. The topological polar surface area (TPSA) is 51.2 Å². The van der Waals surface area contributed by atoms with Crippen LogP contribution in [0.4, 0.5) is 0 Å². The smallest absolute Gasteiger partial charge is 0.261 e. The van der Waals surface area contributed by atoms with Crippen LogP contribution in [0.3, 0.4) is 0 Å². The van der Waals surface area contributed by atoms with E-state index in [0.717, 1.165) is 41.4 Å². The molecule has 1 saturated heterocycles. The lowest BCUT2D eigenvalue weighted by Crippen LogP contribution is -2.35. The first-order chi connectivity index (χ1) is 10.7. The zero-order valence-corrected chi connectivity index (χ0v) is 13.4. The largest absolute Gasteiger partial charge is 0.381 e. The van der Waals surface area contributed by atoms with E-state index in [0.29, 0.717) is 5.92 Å². The Hall–Kier alpha value is -1.72. The number of thiophene rings is 1. The number of aromatic nitrogens is 1. The Balaban J connectivity index is 1.80. The summed E-state index contributed by atoms with van der Waals surface area (Å²) in [6.45, 7) is 3.53. The number of carbonyl (C=O) groups excluding carboxylic acids is 1. The number of pyridine rings is 1. The summed E-state index contributed by atoms with van der Waals surface area (Å²) in [7, 11) is 0. The minimum atomic E-state index is -0.00694. The summed E-state index contributed by atoms with van der Waals surface area (Å²) in [5, 5.41) is 3.21. The summed E-state index contributed by atoms with van der Waals surface area (Å²) in [5.41, 5.74) is 1.07. The van der Waals surface area contributed by atoms with Crippen molar-refractivity contribution in [3.8, 4) is 0 Å². The maximum Gasteiger partial charge on any atom is 0.261 e. The van der Waals surface area contributed by atoms with Crippen LogP contribution in [-0.4, -0.2) is 24.1 Å². The summed E-state index contributed by atoms with van der Waals surface area (Å²) >= 11 is 1.53. The summed E-state index contributed by atoms with van der Waals surface area (Å²) in [4.78, 5) is 18.6. The number of rotatable bonds is 4. The van der Waals surface area contributed by atoms with Gasteiger partial charge in [-0.2, -0.15) is 0 Å². The minimum Gasteiger partial charge on any atom is -0.381 e. The molecule has 0 spiro atoms. The van der Waals surface area contributed by atoms with E-state index in [1.807, 2.05) is 37.4 Å². The molecule has 1 atom stereocenters. The van der Waals surface area contributed by atoms with Gasteiger partial charge in [-0.25, -0.2) is 0 Å². The van der Waals surface area contributed by atoms with Gasteiger partial charge in [-0.05, 0) is 49.4 Å². The summed E-state index contributed by atoms with van der Waals surface area (Å²) < 4.78 is 5.45. The fraction of sp³-hybridized carbons (Fsp3) is 0.412. The SMILES string of the molecule is Cc1ccc(C(=O)NC(c2cccnc2)C2CCOCC2)s1. The van der Waals surface area contributed by atoms with Gasteiger partial charge in [0.15, 0.2) is 0 Å². The first kappa shape index (κ1) is 15.2. The van der Waals surface area contributed by atoms with Gasteiger partial charge in [0.25, 0.3) is 5.91 Å². The van der Waals surface area contributed by atoms with Crippen molar-refractivity contribution in [2.45, 2.75) is 25.8 Å². The van der Waals surface area contributed by atoms with Gasteiger partial charge >= 0.3 is 0 Å². The van der Waals surface area contributed by atoms with Crippen molar-refractivity contribution in [1.29, 1.82) is 0 Å². The molecule has 1 aliphatic rings. The maximum absolute atomic E-state index is 12.5. The van der Waals surface area contributed by atoms with Crippen molar-refractivity contribution < 1.29 is 9.53 Å². The molecule has 1 fully saturated rings. The van der Waals surface area contributed by atoms with E-state index in [1.54, 1.807) is 6.20 Å². The average molecular weight is 316 g/mol. The van der Waals surface area contributed by atoms with E-state index in [4.69, 9.17) is 4.74 Å². The van der Waals surface area contributed by atoms with E-state index < -0.39 is 0 Å². The molecule has 2 aromatic heterocycles. The molecule has 1 amide bonds. The van der Waals surface area contributed by atoms with Gasteiger partial charge in [-0.15, -0.1) is 11.3 Å². The van der Waals surface area contributed by atoms with Gasteiger partial charge in [0.1, 0.15) is 0 Å². The predicted octanol–water partition coefficient (Wildman–Crippen LogP) is 3.35. The highest BCUT2D eigenvalue weighted by Gasteiger charge is 2.27. The van der Waals surface area contributed by atoms with Gasteiger partial charge in [0, 0.05) is 30.5 Å². The zero-order chi connectivity index (χ0) is 15.4. The van der Waals surface area contributed by atoms with Crippen molar-refractivity contribution >= 4 is 17.2 Å². The van der Waals surface area contributed by atoms with Crippen LogP contribution in [-0.2, 0) is 4.74 Å². The summed E-state index contributed by atoms with van der Waals surface area (Å²) in [6.07, 6.45) is 5.53. The normalized spacial score (nSPS) is 17.1. The molecule has 116 valence electrons. The van der Waals surface area contributed by atoms with Gasteiger partial charge in [-0.3, -0.25) is 9.78 Å². The fourth-order valence-corrected chi connectivity index (χ4v) is 3.62. The molecular weight excluding hydrogens is 296 g/mol. The third-order valence-corrected chi connectivity index (χ3v) is 5.03. The van der Waals surface area contributed by atoms with Crippen LogP contribution >= 0.6 is 11.3 Å². The molecule has 1 N–H and O–H groups in total. The Morgan fingerprint density at radius 3 is 2.82 bits per heavy atom. The third-order valence-electron chi connectivity index (χ3n) is 4.03. The monoisotopic (exact) mass is 316 g/mol. The van der Waals surface area contributed by atoms with Gasteiger partial charge in [-0.1, -0.05) is 6.07 Å². The number of ether oxygens (including phenoxy) is 1. The van der Waals surface area contributed by atoms with Crippen LogP contribution < -0.4 is 5.32 Å². The number of nitrogens with zero attached hydrogens (tertiary/aromatic N) is 1. The molecule has 5 heteroatoms. The molecule has 0 aromatic carbocycles. The lowest BCUT2D eigenvalue weighted by Gasteiger charge is -2.31. The van der Waals surface area contributed by atoms with Gasteiger partial charge < -0.3 is 10.1 Å². The third kappa shape index (κ3) is 3.54. The van der Waals surface area contributed by atoms with Crippen LogP contribution in [0.25, 0.3) is 0 Å². The van der Waals surface area contributed by atoms with Crippen molar-refractivity contribution in [3.05, 3.63) is 52.0 Å². The average Bonchev–Trinajstić information content (AvgIpc) is 3.01. The molecular formula is C17H20N2O2S. The number of hydrogen-bond acceptors (Lipinski definition) is 4. The van der Waals surface area contributed by atoms with Crippen LogP contribution in [0.1, 0.15) is 39.0 Å². The maximum atomic E-state index is 12.5. The lowest BCUT2D eigenvalue weighted by molar-refractivity contribution is 0.0514. The Morgan fingerprint density at radius 1 is 1.36 bits per heavy atom. The number of carbonyl (C=O) groups is 1. The van der Waals surface area contributed by atoms with Crippen LogP contribution in [0.2, 0.25) is 0 Å². The van der Waals surface area contributed by atoms with Crippen molar-refractivity contribution in [2.24, 2.45) is 5.92 Å². The van der Waals surface area contributed by atoms with Crippen LogP contribution in [0, 0.1) is 12.8 Å². The first-order valence-electron chi connectivity index (χ1n) is 7.59. The number of hydrogen-bond donors (Lipinski definition) is 1. The second-order valence-corrected chi connectivity index (χ2v) is 6.89. The molecule has 3 heterocycles. The second-order valence-electron chi connectivity index (χ2n) is 5.60. The number of aryl methyl sites for hydroxylation is 1. The molecule has 1 unspecified atom stereocenters. The van der Waals surface area contributed by atoms with Crippen molar-refractivity contribution in [2.75, 3.05) is 13.2 Å². The molecule has 0 radical (unpaired) electrons. The molecule has 3 rings (SSSR count). The van der Waals surface area contributed by atoms with E-state index in [9.17, 15) is 4.79 Å². The Morgan fingerprint density at radius 2 is 2.18 bits per heavy atom. The Labute approximate surface area is 134 Å². The molecule has 0 saturated carbocycles. The Bertz CT molecular complexity index is 621. The minimum absolute atomic E-state index is 0.00144. The van der Waals surface area contributed by atoms with E-state index in [-0.39, 0.29) is 11.9 Å². The Kier molecular flexibility index (Phi) is 4.85. The van der Waals surface area contributed by atoms with Crippen molar-refractivity contribution in [1.82, 2.24) is 10.3 Å². The highest BCUT2D eigenvalue weighted by Crippen LogP contribution is 2.30. The van der Waals surface area contributed by atoms with Crippen LogP contribution in [0.15, 0.2) is 36.7 Å². The molecule has 0 bridgehead atoms. The van der Waals surface area contributed by atoms with E-state index in [2.05, 4.69) is 10.3 Å². The van der Waals surface area contributed by atoms with E-state index in [1.165, 1.54) is 11.3 Å². The second kappa shape index (κ2) is 7.03. The highest BCUT2D eigenvalue weighted by molar-refractivity contribution is 7.13. The zero-order valence-electron chi connectivity index (χ0n) is 12.6. The molecule has 0 aliphatic carbocycles. The number of amides is 1. The van der Waals surface area contributed by atoms with Gasteiger partial charge in [0.2, 0.25) is 0 Å². The molecule has 22 heavy (non-hydrogen) atoms. The molecule has 1 aliphatic heterocycles. The highest BCUT2D eigenvalue weighted by atomic mass is 32.1. The van der Waals surface area contributed by atoms with Crippen LogP contribution in [0.5, 0.6) is 0 Å². The van der Waals surface area contributed by atoms with E-state index >= 15 is 0 Å². The first-order valence-corrected chi connectivity index (χ1v) is 8.40. The summed E-state index contributed by atoms with van der Waals surface area (Å²) in [6, 6.07) is 7.82. The molecule has 4 nitrogen and oxygen atoms in total. The quantitative estimate of drug-likeness (QED) is 0.941. The lowest BCUT2D eigenvalue weighted by atomic mass is 9.87. The molecule has 2 aromatic rings. The van der Waals surface area contributed by atoms with Crippen molar-refractivity contribution in [3.63, 3.8) is 0 Å². The van der Waals surface area contributed by atoms with Gasteiger partial charge in [0.05, 0.1) is 10.9 Å². The fourth-order valence-electron chi connectivity index (χ4n) is 2.85.